The highest BCUT2D eigenvalue weighted by Gasteiger charge is 2.55. The molecule has 2 heterocycles. The van der Waals surface area contributed by atoms with Crippen molar-refractivity contribution >= 4 is 5.91 Å². The molecule has 1 saturated heterocycles. The van der Waals surface area contributed by atoms with Crippen LogP contribution >= 0.6 is 0 Å². The Balaban J connectivity index is 1.61. The summed E-state index contributed by atoms with van der Waals surface area (Å²) in [7, 11) is 0. The van der Waals surface area contributed by atoms with E-state index in [1.807, 2.05) is 30.3 Å². The molecule has 2 fully saturated rings. The van der Waals surface area contributed by atoms with Gasteiger partial charge in [-0.25, -0.2) is 0 Å². The van der Waals surface area contributed by atoms with Gasteiger partial charge in [-0.3, -0.25) is 4.79 Å². The van der Waals surface area contributed by atoms with Gasteiger partial charge in [0, 0.05) is 24.6 Å². The van der Waals surface area contributed by atoms with Crippen LogP contribution in [0.3, 0.4) is 0 Å². The minimum Gasteiger partial charge on any atom is -0.341 e. The molecule has 0 bridgehead atoms. The Kier molecular flexibility index (Phi) is 4.55. The van der Waals surface area contributed by atoms with E-state index in [4.69, 9.17) is 9.51 Å². The highest BCUT2D eigenvalue weighted by Crippen LogP contribution is 2.50. The van der Waals surface area contributed by atoms with Crippen LogP contribution in [0.5, 0.6) is 0 Å². The molecule has 4 rings (SSSR count). The van der Waals surface area contributed by atoms with Crippen molar-refractivity contribution in [3.8, 4) is 11.4 Å². The molecule has 2 aliphatic rings. The van der Waals surface area contributed by atoms with E-state index in [-0.39, 0.29) is 11.3 Å². The van der Waals surface area contributed by atoms with Crippen molar-refractivity contribution in [2.45, 2.75) is 51.4 Å². The van der Waals surface area contributed by atoms with E-state index >= 15 is 0 Å². The molecule has 1 saturated carbocycles. The van der Waals surface area contributed by atoms with E-state index in [1.54, 1.807) is 0 Å². The zero-order valence-corrected chi connectivity index (χ0v) is 15.6. The number of benzene rings is 1. The molecule has 1 aliphatic carbocycles. The molecule has 2 atom stereocenters. The lowest BCUT2D eigenvalue weighted by Crippen LogP contribution is -2.37. The summed E-state index contributed by atoms with van der Waals surface area (Å²) in [5.74, 6) is 2.23. The number of nitrogens with zero attached hydrogens (tertiary/aromatic N) is 3. The summed E-state index contributed by atoms with van der Waals surface area (Å²) in [5.41, 5.74) is 0.818. The van der Waals surface area contributed by atoms with E-state index in [9.17, 15) is 4.79 Å². The zero-order chi connectivity index (χ0) is 18.1. The van der Waals surface area contributed by atoms with Gasteiger partial charge in [-0.1, -0.05) is 55.8 Å². The number of likely N-dealkylation sites (tertiary alicyclic amines) is 1. The van der Waals surface area contributed by atoms with Gasteiger partial charge in [0.05, 0.1) is 5.41 Å². The molecule has 0 spiro atoms. The summed E-state index contributed by atoms with van der Waals surface area (Å²) in [5, 5.41) is 4.23. The predicted octanol–water partition coefficient (Wildman–Crippen LogP) is 4.05. The number of fused-ring (bicyclic) bond motifs is 1. The SMILES string of the molecule is CCC(CC)C(=O)N1C[C@H]2CCC[C@@]2(c2nc(-c3ccccc3)no2)C1. The third kappa shape index (κ3) is 2.74. The maximum Gasteiger partial charge on any atom is 0.235 e. The second-order valence-electron chi connectivity index (χ2n) is 7.77. The van der Waals surface area contributed by atoms with Crippen molar-refractivity contribution in [2.75, 3.05) is 13.1 Å². The number of carbonyl (C=O) groups is 1. The maximum atomic E-state index is 12.9. The summed E-state index contributed by atoms with van der Waals surface area (Å²) in [6.45, 7) is 5.76. The second kappa shape index (κ2) is 6.86. The highest BCUT2D eigenvalue weighted by atomic mass is 16.5. The molecule has 1 aromatic heterocycles. The predicted molar refractivity (Wildman–Crippen MR) is 99.4 cm³/mol. The number of hydrogen-bond acceptors (Lipinski definition) is 4. The summed E-state index contributed by atoms with van der Waals surface area (Å²) >= 11 is 0. The molecule has 0 radical (unpaired) electrons. The van der Waals surface area contributed by atoms with Crippen LogP contribution in [0.1, 0.15) is 51.8 Å². The van der Waals surface area contributed by atoms with Gasteiger partial charge in [-0.05, 0) is 31.6 Å². The minimum atomic E-state index is -0.151. The van der Waals surface area contributed by atoms with E-state index in [1.165, 1.54) is 6.42 Å². The summed E-state index contributed by atoms with van der Waals surface area (Å²) in [4.78, 5) is 19.7. The fraction of sp³-hybridized carbons (Fsp3) is 0.571. The Morgan fingerprint density at radius 1 is 1.31 bits per heavy atom. The molecule has 5 nitrogen and oxygen atoms in total. The van der Waals surface area contributed by atoms with Crippen LogP contribution in [0.25, 0.3) is 11.4 Å². The lowest BCUT2D eigenvalue weighted by molar-refractivity contribution is -0.135. The molecule has 1 aliphatic heterocycles. The molecule has 26 heavy (non-hydrogen) atoms. The number of rotatable bonds is 5. The largest absolute Gasteiger partial charge is 0.341 e. The standard InChI is InChI=1S/C21H27N3O2/c1-3-15(4-2)19(25)24-13-17-11-8-12-21(17,14-24)20-22-18(23-26-20)16-9-6-5-7-10-16/h5-7,9-10,15,17H,3-4,8,11-14H2,1-2H3/t17-,21-/m1/s1. The minimum absolute atomic E-state index is 0.133. The van der Waals surface area contributed by atoms with Crippen LogP contribution in [0.4, 0.5) is 0 Å². The van der Waals surface area contributed by atoms with Gasteiger partial charge < -0.3 is 9.42 Å². The number of amides is 1. The monoisotopic (exact) mass is 353 g/mol. The average Bonchev–Trinajstić information content (AvgIpc) is 3.37. The molecule has 0 N–H and O–H groups in total. The highest BCUT2D eigenvalue weighted by molar-refractivity contribution is 5.79. The molecule has 1 amide bonds. The summed E-state index contributed by atoms with van der Waals surface area (Å²) < 4.78 is 5.75. The molecular weight excluding hydrogens is 326 g/mol. The third-order valence-electron chi connectivity index (χ3n) is 6.40. The van der Waals surface area contributed by atoms with E-state index in [0.717, 1.165) is 50.2 Å². The van der Waals surface area contributed by atoms with Gasteiger partial charge in [-0.15, -0.1) is 0 Å². The van der Waals surface area contributed by atoms with Crippen LogP contribution in [0, 0.1) is 11.8 Å². The van der Waals surface area contributed by atoms with E-state index in [0.29, 0.717) is 17.6 Å². The first-order chi connectivity index (χ1) is 12.7. The molecule has 5 heteroatoms. The van der Waals surface area contributed by atoms with Gasteiger partial charge in [0.1, 0.15) is 0 Å². The lowest BCUT2D eigenvalue weighted by atomic mass is 9.80. The average molecular weight is 353 g/mol. The van der Waals surface area contributed by atoms with Crippen LogP contribution in [0.15, 0.2) is 34.9 Å². The number of aromatic nitrogens is 2. The van der Waals surface area contributed by atoms with Gasteiger partial charge in [0.2, 0.25) is 17.6 Å². The van der Waals surface area contributed by atoms with Crippen LogP contribution in [-0.2, 0) is 10.2 Å². The molecular formula is C21H27N3O2. The summed E-state index contributed by atoms with van der Waals surface area (Å²) in [6, 6.07) is 9.93. The van der Waals surface area contributed by atoms with Gasteiger partial charge >= 0.3 is 0 Å². The lowest BCUT2D eigenvalue weighted by Gasteiger charge is -2.25. The topological polar surface area (TPSA) is 59.2 Å². The Morgan fingerprint density at radius 3 is 2.81 bits per heavy atom. The van der Waals surface area contributed by atoms with Crippen molar-refractivity contribution in [2.24, 2.45) is 11.8 Å². The van der Waals surface area contributed by atoms with Crippen molar-refractivity contribution < 1.29 is 9.32 Å². The molecule has 138 valence electrons. The normalized spacial score (nSPS) is 25.0. The fourth-order valence-corrected chi connectivity index (χ4v) is 4.83. The quantitative estimate of drug-likeness (QED) is 0.813. The van der Waals surface area contributed by atoms with Gasteiger partial charge in [0.25, 0.3) is 0 Å². The first-order valence-electron chi connectivity index (χ1n) is 9.86. The van der Waals surface area contributed by atoms with Crippen LogP contribution in [-0.4, -0.2) is 34.0 Å². The maximum absolute atomic E-state index is 12.9. The Hall–Kier alpha value is -2.17. The van der Waals surface area contributed by atoms with Crippen LogP contribution < -0.4 is 0 Å². The van der Waals surface area contributed by atoms with E-state index in [2.05, 4.69) is 23.9 Å². The molecule has 2 aromatic rings. The Morgan fingerprint density at radius 2 is 2.08 bits per heavy atom. The first kappa shape index (κ1) is 17.3. The smallest absolute Gasteiger partial charge is 0.235 e. The van der Waals surface area contributed by atoms with Crippen molar-refractivity contribution in [1.29, 1.82) is 0 Å². The van der Waals surface area contributed by atoms with Crippen molar-refractivity contribution in [3.05, 3.63) is 36.2 Å². The van der Waals surface area contributed by atoms with Gasteiger partial charge in [0.15, 0.2) is 0 Å². The summed E-state index contributed by atoms with van der Waals surface area (Å²) in [6.07, 6.45) is 5.14. The Labute approximate surface area is 154 Å². The number of hydrogen-bond donors (Lipinski definition) is 0. The molecule has 1 aromatic carbocycles. The Bertz CT molecular complexity index is 769. The van der Waals surface area contributed by atoms with Crippen LogP contribution in [0.2, 0.25) is 0 Å². The third-order valence-corrected chi connectivity index (χ3v) is 6.40. The number of carbonyl (C=O) groups excluding carboxylic acids is 1. The van der Waals surface area contributed by atoms with E-state index < -0.39 is 0 Å². The molecule has 0 unspecified atom stereocenters. The second-order valence-corrected chi connectivity index (χ2v) is 7.77. The zero-order valence-electron chi connectivity index (χ0n) is 15.6. The first-order valence-corrected chi connectivity index (χ1v) is 9.86. The fourth-order valence-electron chi connectivity index (χ4n) is 4.83. The van der Waals surface area contributed by atoms with Crippen molar-refractivity contribution in [1.82, 2.24) is 15.0 Å². The van der Waals surface area contributed by atoms with Gasteiger partial charge in [-0.2, -0.15) is 4.98 Å². The van der Waals surface area contributed by atoms with Crippen molar-refractivity contribution in [3.63, 3.8) is 0 Å².